The predicted molar refractivity (Wildman–Crippen MR) is 70.1 cm³/mol. The van der Waals surface area contributed by atoms with Gasteiger partial charge in [-0.15, -0.1) is 0 Å². The van der Waals surface area contributed by atoms with Gasteiger partial charge >= 0.3 is 0 Å². The minimum absolute atomic E-state index is 0.0354. The van der Waals surface area contributed by atoms with Gasteiger partial charge in [-0.1, -0.05) is 18.2 Å². The van der Waals surface area contributed by atoms with Gasteiger partial charge in [-0.2, -0.15) is 0 Å². The van der Waals surface area contributed by atoms with E-state index in [1.54, 1.807) is 24.3 Å². The van der Waals surface area contributed by atoms with Crippen LogP contribution < -0.4 is 14.8 Å². The van der Waals surface area contributed by atoms with Crippen LogP contribution in [-0.4, -0.2) is 12.7 Å². The van der Waals surface area contributed by atoms with Gasteiger partial charge in [0.05, 0.1) is 5.56 Å². The first-order chi connectivity index (χ1) is 9.74. The highest BCUT2D eigenvalue weighted by Gasteiger charge is 2.14. The molecule has 1 heterocycles. The van der Waals surface area contributed by atoms with Crippen molar-refractivity contribution in [2.24, 2.45) is 0 Å². The summed E-state index contributed by atoms with van der Waals surface area (Å²) in [6.45, 7) is 0.504. The average Bonchev–Trinajstić information content (AvgIpc) is 2.92. The van der Waals surface area contributed by atoms with Crippen molar-refractivity contribution in [3.05, 3.63) is 59.4 Å². The van der Waals surface area contributed by atoms with Crippen LogP contribution in [-0.2, 0) is 6.54 Å². The van der Waals surface area contributed by atoms with E-state index in [9.17, 15) is 9.18 Å². The first-order valence-corrected chi connectivity index (χ1v) is 6.15. The Balaban J connectivity index is 1.68. The fraction of sp³-hybridized carbons (Fsp3) is 0.133. The second-order valence-electron chi connectivity index (χ2n) is 4.35. The summed E-state index contributed by atoms with van der Waals surface area (Å²) in [7, 11) is 0. The maximum Gasteiger partial charge on any atom is 0.254 e. The van der Waals surface area contributed by atoms with E-state index in [-0.39, 0.29) is 12.4 Å². The lowest BCUT2D eigenvalue weighted by molar-refractivity contribution is 0.0947. The number of hydrogen-bond acceptors (Lipinski definition) is 3. The van der Waals surface area contributed by atoms with E-state index >= 15 is 0 Å². The van der Waals surface area contributed by atoms with Crippen LogP contribution in [0, 0.1) is 5.82 Å². The molecule has 1 aliphatic rings. The molecule has 3 rings (SSSR count). The van der Waals surface area contributed by atoms with Gasteiger partial charge in [0.1, 0.15) is 5.82 Å². The molecule has 0 aromatic heterocycles. The summed E-state index contributed by atoms with van der Waals surface area (Å²) in [6.07, 6.45) is 0. The molecule has 5 heteroatoms. The molecule has 4 nitrogen and oxygen atoms in total. The highest BCUT2D eigenvalue weighted by Crippen LogP contribution is 2.32. The van der Waals surface area contributed by atoms with Crippen molar-refractivity contribution >= 4 is 5.91 Å². The maximum atomic E-state index is 13.4. The van der Waals surface area contributed by atoms with Gasteiger partial charge in [-0.05, 0) is 29.8 Å². The Morgan fingerprint density at radius 3 is 2.80 bits per heavy atom. The number of benzene rings is 2. The summed E-state index contributed by atoms with van der Waals surface area (Å²) in [5, 5.41) is 2.67. The topological polar surface area (TPSA) is 47.6 Å². The Morgan fingerprint density at radius 1 is 1.15 bits per heavy atom. The molecule has 0 saturated heterocycles. The molecule has 2 aromatic rings. The van der Waals surface area contributed by atoms with Crippen LogP contribution in [0.25, 0.3) is 0 Å². The zero-order valence-electron chi connectivity index (χ0n) is 10.6. The zero-order valence-corrected chi connectivity index (χ0v) is 10.6. The van der Waals surface area contributed by atoms with Crippen LogP contribution in [0.4, 0.5) is 4.39 Å². The van der Waals surface area contributed by atoms with Crippen molar-refractivity contribution in [1.29, 1.82) is 0 Å². The number of fused-ring (bicyclic) bond motifs is 1. The number of nitrogens with one attached hydrogen (secondary N) is 1. The lowest BCUT2D eigenvalue weighted by Gasteiger charge is -2.07. The van der Waals surface area contributed by atoms with Crippen molar-refractivity contribution in [1.82, 2.24) is 5.32 Å². The zero-order chi connectivity index (χ0) is 13.9. The van der Waals surface area contributed by atoms with Crippen molar-refractivity contribution in [3.8, 4) is 11.5 Å². The lowest BCUT2D eigenvalue weighted by atomic mass is 10.1. The predicted octanol–water partition coefficient (Wildman–Crippen LogP) is 2.48. The van der Waals surface area contributed by atoms with E-state index in [2.05, 4.69) is 5.32 Å². The fourth-order valence-electron chi connectivity index (χ4n) is 1.97. The molecular weight excluding hydrogens is 261 g/mol. The number of rotatable bonds is 3. The first-order valence-electron chi connectivity index (χ1n) is 6.15. The number of amides is 1. The van der Waals surface area contributed by atoms with Gasteiger partial charge in [0, 0.05) is 6.54 Å². The minimum Gasteiger partial charge on any atom is -0.454 e. The Morgan fingerprint density at radius 2 is 1.95 bits per heavy atom. The van der Waals surface area contributed by atoms with Gasteiger partial charge in [-0.3, -0.25) is 4.79 Å². The van der Waals surface area contributed by atoms with Gasteiger partial charge < -0.3 is 14.8 Å². The highest BCUT2D eigenvalue weighted by atomic mass is 19.1. The van der Waals surface area contributed by atoms with Crippen molar-refractivity contribution < 1.29 is 18.7 Å². The Kier molecular flexibility index (Phi) is 3.25. The summed E-state index contributed by atoms with van der Waals surface area (Å²) < 4.78 is 23.9. The molecular formula is C15H12FNO3. The summed E-state index contributed by atoms with van der Waals surface area (Å²) in [5.74, 6) is 0.369. The van der Waals surface area contributed by atoms with E-state index in [0.717, 1.165) is 5.56 Å². The van der Waals surface area contributed by atoms with E-state index < -0.39 is 11.7 Å². The van der Waals surface area contributed by atoms with Gasteiger partial charge in [0.25, 0.3) is 5.91 Å². The summed E-state index contributed by atoms with van der Waals surface area (Å²) in [4.78, 5) is 11.9. The third kappa shape index (κ3) is 2.42. The number of hydrogen-bond donors (Lipinski definition) is 1. The molecule has 0 aliphatic carbocycles. The van der Waals surface area contributed by atoms with E-state index in [1.807, 2.05) is 6.07 Å². The fourth-order valence-corrected chi connectivity index (χ4v) is 1.97. The summed E-state index contributed by atoms with van der Waals surface area (Å²) >= 11 is 0. The number of halogens is 1. The molecule has 0 radical (unpaired) electrons. The monoisotopic (exact) mass is 273 g/mol. The molecule has 102 valence electrons. The SMILES string of the molecule is O=C(NCc1ccc2c(c1)OCO2)c1ccccc1F. The molecule has 0 unspecified atom stereocenters. The van der Waals surface area contributed by atoms with Gasteiger partial charge in [-0.25, -0.2) is 4.39 Å². The van der Waals surface area contributed by atoms with Crippen LogP contribution in [0.1, 0.15) is 15.9 Å². The molecule has 0 fully saturated rings. The smallest absolute Gasteiger partial charge is 0.254 e. The molecule has 0 spiro atoms. The molecule has 20 heavy (non-hydrogen) atoms. The molecule has 0 atom stereocenters. The van der Waals surface area contributed by atoms with Crippen LogP contribution in [0.2, 0.25) is 0 Å². The third-order valence-electron chi connectivity index (χ3n) is 3.01. The largest absolute Gasteiger partial charge is 0.454 e. The second kappa shape index (κ2) is 5.21. The Hall–Kier alpha value is -2.56. The Bertz CT molecular complexity index is 657. The Labute approximate surface area is 115 Å². The van der Waals surface area contributed by atoms with Crippen LogP contribution >= 0.6 is 0 Å². The van der Waals surface area contributed by atoms with E-state index in [4.69, 9.17) is 9.47 Å². The average molecular weight is 273 g/mol. The van der Waals surface area contributed by atoms with Gasteiger partial charge in [0.15, 0.2) is 11.5 Å². The number of ether oxygens (including phenoxy) is 2. The van der Waals surface area contributed by atoms with E-state index in [1.165, 1.54) is 12.1 Å². The maximum absolute atomic E-state index is 13.4. The molecule has 0 saturated carbocycles. The van der Waals surface area contributed by atoms with Crippen LogP contribution in [0.15, 0.2) is 42.5 Å². The van der Waals surface area contributed by atoms with Crippen LogP contribution in [0.3, 0.4) is 0 Å². The normalized spacial score (nSPS) is 12.2. The van der Waals surface area contributed by atoms with Crippen LogP contribution in [0.5, 0.6) is 11.5 Å². The highest BCUT2D eigenvalue weighted by molar-refractivity contribution is 5.94. The quantitative estimate of drug-likeness (QED) is 0.934. The lowest BCUT2D eigenvalue weighted by Crippen LogP contribution is -2.23. The van der Waals surface area contributed by atoms with E-state index in [0.29, 0.717) is 18.0 Å². The second-order valence-corrected chi connectivity index (χ2v) is 4.35. The van der Waals surface area contributed by atoms with Crippen molar-refractivity contribution in [3.63, 3.8) is 0 Å². The summed E-state index contributed by atoms with van der Waals surface area (Å²) in [6, 6.07) is 11.3. The third-order valence-corrected chi connectivity index (χ3v) is 3.01. The number of carbonyl (C=O) groups excluding carboxylic acids is 1. The molecule has 1 amide bonds. The molecule has 2 aromatic carbocycles. The van der Waals surface area contributed by atoms with Crippen molar-refractivity contribution in [2.75, 3.05) is 6.79 Å². The first kappa shape index (κ1) is 12.5. The number of carbonyl (C=O) groups is 1. The van der Waals surface area contributed by atoms with Gasteiger partial charge in [0.2, 0.25) is 6.79 Å². The van der Waals surface area contributed by atoms with Crippen molar-refractivity contribution in [2.45, 2.75) is 6.54 Å². The molecule has 0 bridgehead atoms. The standard InChI is InChI=1S/C15H12FNO3/c16-12-4-2-1-3-11(12)15(18)17-8-10-5-6-13-14(7-10)20-9-19-13/h1-7H,8-9H2,(H,17,18). The molecule has 1 N–H and O–H groups in total. The minimum atomic E-state index is -0.532. The summed E-state index contributed by atoms with van der Waals surface area (Å²) in [5.41, 5.74) is 0.896. The molecule has 1 aliphatic heterocycles.